The zero-order valence-electron chi connectivity index (χ0n) is 9.07. The van der Waals surface area contributed by atoms with Crippen LogP contribution in [0, 0.1) is 13.8 Å². The van der Waals surface area contributed by atoms with E-state index in [1.54, 1.807) is 0 Å². The summed E-state index contributed by atoms with van der Waals surface area (Å²) in [5, 5.41) is 4.31. The van der Waals surface area contributed by atoms with Gasteiger partial charge in [-0.05, 0) is 26.3 Å². The predicted molar refractivity (Wildman–Crippen MR) is 53.0 cm³/mol. The first kappa shape index (κ1) is 10.8. The van der Waals surface area contributed by atoms with Crippen molar-refractivity contribution < 1.29 is 9.53 Å². The van der Waals surface area contributed by atoms with Crippen LogP contribution in [0.3, 0.4) is 0 Å². The summed E-state index contributed by atoms with van der Waals surface area (Å²) in [5.41, 5.74) is 2.14. The van der Waals surface area contributed by atoms with Gasteiger partial charge in [-0.1, -0.05) is 0 Å². The molecule has 0 amide bonds. The highest BCUT2D eigenvalue weighted by atomic mass is 16.5. The molecule has 4 heteroatoms. The molecular formula is C10H16N2O2. The Kier molecular flexibility index (Phi) is 3.28. The number of hydrogen-bond acceptors (Lipinski definition) is 3. The second-order valence-electron chi connectivity index (χ2n) is 3.51. The minimum Gasteiger partial charge on any atom is -0.469 e. The van der Waals surface area contributed by atoms with Crippen molar-refractivity contribution in [2.24, 2.45) is 0 Å². The lowest BCUT2D eigenvalue weighted by molar-refractivity contribution is -0.141. The lowest BCUT2D eigenvalue weighted by atomic mass is 10.2. The fourth-order valence-electron chi connectivity index (χ4n) is 1.22. The van der Waals surface area contributed by atoms with Crippen LogP contribution in [0.4, 0.5) is 0 Å². The van der Waals surface area contributed by atoms with Crippen molar-refractivity contribution in [3.8, 4) is 0 Å². The van der Waals surface area contributed by atoms with E-state index in [1.165, 1.54) is 7.11 Å². The third-order valence-electron chi connectivity index (χ3n) is 2.30. The van der Waals surface area contributed by atoms with E-state index in [9.17, 15) is 4.79 Å². The quantitative estimate of drug-likeness (QED) is 0.690. The van der Waals surface area contributed by atoms with Crippen molar-refractivity contribution in [1.82, 2.24) is 9.78 Å². The summed E-state index contributed by atoms with van der Waals surface area (Å²) >= 11 is 0. The van der Waals surface area contributed by atoms with Gasteiger partial charge in [0.25, 0.3) is 0 Å². The highest BCUT2D eigenvalue weighted by Crippen LogP contribution is 2.13. The zero-order chi connectivity index (χ0) is 10.7. The molecule has 4 nitrogen and oxygen atoms in total. The molecule has 1 atom stereocenters. The Balaban J connectivity index is 2.69. The molecule has 0 saturated heterocycles. The summed E-state index contributed by atoms with van der Waals surface area (Å²) in [7, 11) is 1.40. The zero-order valence-corrected chi connectivity index (χ0v) is 9.07. The molecule has 1 unspecified atom stereocenters. The normalized spacial score (nSPS) is 12.6. The third-order valence-corrected chi connectivity index (χ3v) is 2.30. The summed E-state index contributed by atoms with van der Waals surface area (Å²) in [6.45, 7) is 5.91. The van der Waals surface area contributed by atoms with Crippen LogP contribution in [-0.4, -0.2) is 22.9 Å². The van der Waals surface area contributed by atoms with E-state index in [1.807, 2.05) is 31.6 Å². The van der Waals surface area contributed by atoms with Gasteiger partial charge in [0, 0.05) is 6.20 Å². The smallest absolute Gasteiger partial charge is 0.307 e. The van der Waals surface area contributed by atoms with E-state index >= 15 is 0 Å². The lowest BCUT2D eigenvalue weighted by Gasteiger charge is -2.09. The minimum atomic E-state index is -0.205. The number of esters is 1. The molecule has 1 aromatic heterocycles. The number of nitrogens with zero attached hydrogens (tertiary/aromatic N) is 2. The van der Waals surface area contributed by atoms with Crippen molar-refractivity contribution in [2.45, 2.75) is 33.2 Å². The Morgan fingerprint density at radius 1 is 1.64 bits per heavy atom. The SMILES string of the molecule is COC(=O)CC(C)n1cc(C)c(C)n1. The summed E-state index contributed by atoms with van der Waals surface area (Å²) in [6, 6.07) is 0.0508. The van der Waals surface area contributed by atoms with Crippen LogP contribution < -0.4 is 0 Å². The molecule has 0 saturated carbocycles. The van der Waals surface area contributed by atoms with Crippen molar-refractivity contribution in [3.05, 3.63) is 17.5 Å². The molecule has 0 N–H and O–H groups in total. The molecule has 0 aliphatic carbocycles. The first-order chi connectivity index (χ1) is 6.54. The van der Waals surface area contributed by atoms with Crippen LogP contribution in [0.1, 0.15) is 30.6 Å². The summed E-state index contributed by atoms with van der Waals surface area (Å²) < 4.78 is 6.41. The van der Waals surface area contributed by atoms with Gasteiger partial charge in [-0.2, -0.15) is 5.10 Å². The van der Waals surface area contributed by atoms with Gasteiger partial charge in [0.2, 0.25) is 0 Å². The van der Waals surface area contributed by atoms with Crippen molar-refractivity contribution in [3.63, 3.8) is 0 Å². The summed E-state index contributed by atoms with van der Waals surface area (Å²) in [4.78, 5) is 11.0. The molecule has 1 heterocycles. The van der Waals surface area contributed by atoms with Gasteiger partial charge in [0.05, 0.1) is 25.3 Å². The first-order valence-electron chi connectivity index (χ1n) is 4.63. The van der Waals surface area contributed by atoms with Gasteiger partial charge >= 0.3 is 5.97 Å². The first-order valence-corrected chi connectivity index (χ1v) is 4.63. The molecule has 0 fully saturated rings. The van der Waals surface area contributed by atoms with E-state index < -0.39 is 0 Å². The number of aromatic nitrogens is 2. The summed E-state index contributed by atoms with van der Waals surface area (Å²) in [6.07, 6.45) is 2.31. The van der Waals surface area contributed by atoms with Gasteiger partial charge in [-0.15, -0.1) is 0 Å². The van der Waals surface area contributed by atoms with E-state index in [0.29, 0.717) is 6.42 Å². The maximum atomic E-state index is 11.0. The number of rotatable bonds is 3. The van der Waals surface area contributed by atoms with E-state index in [-0.39, 0.29) is 12.0 Å². The third kappa shape index (κ3) is 2.34. The highest BCUT2D eigenvalue weighted by Gasteiger charge is 2.12. The predicted octanol–water partition coefficient (Wildman–Crippen LogP) is 1.62. The van der Waals surface area contributed by atoms with Gasteiger partial charge in [0.1, 0.15) is 0 Å². The topological polar surface area (TPSA) is 44.1 Å². The van der Waals surface area contributed by atoms with E-state index in [4.69, 9.17) is 0 Å². The summed E-state index contributed by atoms with van der Waals surface area (Å²) in [5.74, 6) is -0.205. The second kappa shape index (κ2) is 4.26. The maximum absolute atomic E-state index is 11.0. The number of methoxy groups -OCH3 is 1. The molecule has 0 aliphatic rings. The maximum Gasteiger partial charge on any atom is 0.307 e. The molecule has 0 aliphatic heterocycles. The lowest BCUT2D eigenvalue weighted by Crippen LogP contribution is -2.12. The molecular weight excluding hydrogens is 180 g/mol. The van der Waals surface area contributed by atoms with Gasteiger partial charge < -0.3 is 4.74 Å². The van der Waals surface area contributed by atoms with Crippen LogP contribution in [0.15, 0.2) is 6.20 Å². The number of hydrogen-bond donors (Lipinski definition) is 0. The number of ether oxygens (including phenoxy) is 1. The average Bonchev–Trinajstić information content (AvgIpc) is 2.47. The Hall–Kier alpha value is -1.32. The van der Waals surface area contributed by atoms with Gasteiger partial charge in [-0.25, -0.2) is 0 Å². The second-order valence-corrected chi connectivity index (χ2v) is 3.51. The van der Waals surface area contributed by atoms with Crippen LogP contribution >= 0.6 is 0 Å². The number of carbonyl (C=O) groups excluding carboxylic acids is 1. The molecule has 0 aromatic carbocycles. The molecule has 1 aromatic rings. The Morgan fingerprint density at radius 3 is 2.71 bits per heavy atom. The molecule has 0 bridgehead atoms. The fraction of sp³-hybridized carbons (Fsp3) is 0.600. The van der Waals surface area contributed by atoms with Crippen molar-refractivity contribution >= 4 is 5.97 Å². The van der Waals surface area contributed by atoms with Crippen LogP contribution in [0.25, 0.3) is 0 Å². The molecule has 78 valence electrons. The molecule has 0 spiro atoms. The van der Waals surface area contributed by atoms with Gasteiger partial charge in [0.15, 0.2) is 0 Å². The largest absolute Gasteiger partial charge is 0.469 e. The Labute approximate surface area is 83.9 Å². The fourth-order valence-corrected chi connectivity index (χ4v) is 1.22. The Bertz CT molecular complexity index is 311. The van der Waals surface area contributed by atoms with Gasteiger partial charge in [-0.3, -0.25) is 9.48 Å². The minimum absolute atomic E-state index is 0.0508. The van der Waals surface area contributed by atoms with Crippen molar-refractivity contribution in [2.75, 3.05) is 7.11 Å². The number of aryl methyl sites for hydroxylation is 2. The Morgan fingerprint density at radius 2 is 2.29 bits per heavy atom. The molecule has 0 radical (unpaired) electrons. The van der Waals surface area contributed by atoms with Crippen molar-refractivity contribution in [1.29, 1.82) is 0 Å². The van der Waals surface area contributed by atoms with Crippen LogP contribution in [0.2, 0.25) is 0 Å². The molecule has 14 heavy (non-hydrogen) atoms. The standard InChI is InChI=1S/C10H16N2O2/c1-7-6-12(11-9(7)3)8(2)5-10(13)14-4/h6,8H,5H2,1-4H3. The van der Waals surface area contributed by atoms with E-state index in [2.05, 4.69) is 9.84 Å². The van der Waals surface area contributed by atoms with Crippen LogP contribution in [0.5, 0.6) is 0 Å². The molecule has 1 rings (SSSR count). The average molecular weight is 196 g/mol. The monoisotopic (exact) mass is 196 g/mol. The number of carbonyl (C=O) groups is 1. The highest BCUT2D eigenvalue weighted by molar-refractivity contribution is 5.69. The van der Waals surface area contributed by atoms with E-state index in [0.717, 1.165) is 11.3 Å². The van der Waals surface area contributed by atoms with Crippen LogP contribution in [-0.2, 0) is 9.53 Å².